The van der Waals surface area contributed by atoms with Crippen molar-refractivity contribution in [2.75, 3.05) is 26.9 Å². The fourth-order valence-corrected chi connectivity index (χ4v) is 2.93. The van der Waals surface area contributed by atoms with E-state index in [2.05, 4.69) is 34.2 Å². The first-order chi connectivity index (χ1) is 10.2. The highest BCUT2D eigenvalue weighted by molar-refractivity contribution is 9.10. The molecule has 1 aliphatic rings. The summed E-state index contributed by atoms with van der Waals surface area (Å²) in [6.07, 6.45) is 3.64. The molecule has 4 nitrogen and oxygen atoms in total. The van der Waals surface area contributed by atoms with Gasteiger partial charge in [0.15, 0.2) is 11.5 Å². The number of benzene rings is 1. The lowest BCUT2D eigenvalue weighted by Gasteiger charge is -2.17. The van der Waals surface area contributed by atoms with Crippen LogP contribution in [0.5, 0.6) is 11.5 Å². The lowest BCUT2D eigenvalue weighted by Crippen LogP contribution is -2.26. The van der Waals surface area contributed by atoms with Crippen molar-refractivity contribution in [2.45, 2.75) is 38.8 Å². The number of methoxy groups -OCH3 is 1. The van der Waals surface area contributed by atoms with E-state index in [1.807, 2.05) is 6.07 Å². The first kappa shape index (κ1) is 16.6. The van der Waals surface area contributed by atoms with Crippen LogP contribution in [0.1, 0.15) is 31.7 Å². The zero-order valence-corrected chi connectivity index (χ0v) is 14.4. The Morgan fingerprint density at radius 1 is 1.43 bits per heavy atom. The molecule has 0 saturated carbocycles. The number of halogens is 1. The van der Waals surface area contributed by atoms with Gasteiger partial charge in [0.2, 0.25) is 0 Å². The van der Waals surface area contributed by atoms with E-state index in [4.69, 9.17) is 14.2 Å². The van der Waals surface area contributed by atoms with Gasteiger partial charge in [-0.2, -0.15) is 0 Å². The van der Waals surface area contributed by atoms with Gasteiger partial charge in [0.25, 0.3) is 0 Å². The van der Waals surface area contributed by atoms with Crippen molar-refractivity contribution >= 4 is 15.9 Å². The summed E-state index contributed by atoms with van der Waals surface area (Å²) < 4.78 is 17.9. The Morgan fingerprint density at radius 2 is 2.29 bits per heavy atom. The van der Waals surface area contributed by atoms with Gasteiger partial charge in [0.1, 0.15) is 0 Å². The topological polar surface area (TPSA) is 39.7 Å². The maximum Gasteiger partial charge on any atom is 0.165 e. The van der Waals surface area contributed by atoms with E-state index in [1.54, 1.807) is 7.11 Å². The van der Waals surface area contributed by atoms with E-state index in [1.165, 1.54) is 6.42 Å². The van der Waals surface area contributed by atoms with Crippen LogP contribution in [0.4, 0.5) is 0 Å². The quantitative estimate of drug-likeness (QED) is 0.772. The SMILES string of the molecule is CCCOc1c(CNCC2CCCO2)cc(Br)cc1OC. The van der Waals surface area contributed by atoms with E-state index in [0.29, 0.717) is 12.7 Å². The molecule has 2 rings (SSSR count). The maximum atomic E-state index is 5.87. The molecule has 0 spiro atoms. The first-order valence-electron chi connectivity index (χ1n) is 7.56. The van der Waals surface area contributed by atoms with Crippen molar-refractivity contribution in [3.8, 4) is 11.5 Å². The highest BCUT2D eigenvalue weighted by atomic mass is 79.9. The number of ether oxygens (including phenoxy) is 3. The molecule has 0 radical (unpaired) electrons. The second-order valence-electron chi connectivity index (χ2n) is 5.21. The Hall–Kier alpha value is -0.780. The summed E-state index contributed by atoms with van der Waals surface area (Å²) in [5.41, 5.74) is 1.10. The summed E-state index contributed by atoms with van der Waals surface area (Å²) in [6.45, 7) is 5.30. The fourth-order valence-electron chi connectivity index (χ4n) is 2.45. The van der Waals surface area contributed by atoms with Gasteiger partial charge in [-0.05, 0) is 31.4 Å². The molecule has 0 bridgehead atoms. The average Bonchev–Trinajstić information content (AvgIpc) is 2.99. The van der Waals surface area contributed by atoms with Crippen LogP contribution in [0.25, 0.3) is 0 Å². The number of rotatable bonds is 8. The third kappa shape index (κ3) is 4.87. The second-order valence-corrected chi connectivity index (χ2v) is 6.13. The molecule has 1 aliphatic heterocycles. The lowest BCUT2D eigenvalue weighted by atomic mass is 10.1. The summed E-state index contributed by atoms with van der Waals surface area (Å²) in [5.74, 6) is 1.61. The Bertz CT molecular complexity index is 447. The first-order valence-corrected chi connectivity index (χ1v) is 8.35. The second kappa shape index (κ2) is 8.61. The summed E-state index contributed by atoms with van der Waals surface area (Å²) >= 11 is 3.53. The van der Waals surface area contributed by atoms with Crippen LogP contribution in [0.15, 0.2) is 16.6 Å². The van der Waals surface area contributed by atoms with Gasteiger partial charge in [-0.15, -0.1) is 0 Å². The van der Waals surface area contributed by atoms with Crippen LogP contribution in [0.3, 0.4) is 0 Å². The molecule has 1 aromatic rings. The number of nitrogens with one attached hydrogen (secondary N) is 1. The summed E-state index contributed by atoms with van der Waals surface area (Å²) in [6, 6.07) is 4.02. The van der Waals surface area contributed by atoms with E-state index in [0.717, 1.165) is 54.1 Å². The van der Waals surface area contributed by atoms with Gasteiger partial charge < -0.3 is 19.5 Å². The molecule has 1 saturated heterocycles. The van der Waals surface area contributed by atoms with Crippen molar-refractivity contribution in [3.63, 3.8) is 0 Å². The molecule has 1 atom stereocenters. The summed E-state index contributed by atoms with van der Waals surface area (Å²) in [7, 11) is 1.67. The molecule has 1 heterocycles. The van der Waals surface area contributed by atoms with Crippen molar-refractivity contribution in [1.29, 1.82) is 0 Å². The average molecular weight is 358 g/mol. The van der Waals surface area contributed by atoms with Gasteiger partial charge >= 0.3 is 0 Å². The zero-order valence-electron chi connectivity index (χ0n) is 12.8. The third-order valence-electron chi connectivity index (χ3n) is 3.48. The highest BCUT2D eigenvalue weighted by Gasteiger charge is 2.16. The van der Waals surface area contributed by atoms with Gasteiger partial charge in [-0.1, -0.05) is 22.9 Å². The molecule has 21 heavy (non-hydrogen) atoms. The molecule has 1 aromatic carbocycles. The van der Waals surface area contributed by atoms with Crippen LogP contribution in [0.2, 0.25) is 0 Å². The minimum atomic E-state index is 0.346. The predicted octanol–water partition coefficient (Wildman–Crippen LogP) is 3.52. The third-order valence-corrected chi connectivity index (χ3v) is 3.94. The molecule has 1 unspecified atom stereocenters. The van der Waals surface area contributed by atoms with E-state index in [-0.39, 0.29) is 0 Å². The zero-order chi connectivity index (χ0) is 15.1. The van der Waals surface area contributed by atoms with Crippen molar-refractivity contribution in [3.05, 3.63) is 22.2 Å². The highest BCUT2D eigenvalue weighted by Crippen LogP contribution is 2.35. The number of hydrogen-bond acceptors (Lipinski definition) is 4. The van der Waals surface area contributed by atoms with Crippen LogP contribution in [-0.4, -0.2) is 33.0 Å². The van der Waals surface area contributed by atoms with Gasteiger partial charge in [-0.25, -0.2) is 0 Å². The molecule has 0 aliphatic carbocycles. The summed E-state index contributed by atoms with van der Waals surface area (Å²) in [5, 5.41) is 3.46. The molecular weight excluding hydrogens is 334 g/mol. The molecular formula is C16H24BrNO3. The maximum absolute atomic E-state index is 5.87. The smallest absolute Gasteiger partial charge is 0.165 e. The minimum absolute atomic E-state index is 0.346. The molecule has 5 heteroatoms. The predicted molar refractivity (Wildman–Crippen MR) is 87.2 cm³/mol. The fraction of sp³-hybridized carbons (Fsp3) is 0.625. The Kier molecular flexibility index (Phi) is 6.80. The minimum Gasteiger partial charge on any atom is -0.493 e. The van der Waals surface area contributed by atoms with Crippen molar-refractivity contribution in [2.24, 2.45) is 0 Å². The van der Waals surface area contributed by atoms with Crippen molar-refractivity contribution in [1.82, 2.24) is 5.32 Å². The Balaban J connectivity index is 2.02. The molecule has 1 N–H and O–H groups in total. The van der Waals surface area contributed by atoms with Crippen LogP contribution < -0.4 is 14.8 Å². The van der Waals surface area contributed by atoms with E-state index >= 15 is 0 Å². The molecule has 0 aromatic heterocycles. The van der Waals surface area contributed by atoms with Crippen molar-refractivity contribution < 1.29 is 14.2 Å². The largest absolute Gasteiger partial charge is 0.493 e. The molecule has 1 fully saturated rings. The van der Waals surface area contributed by atoms with Crippen LogP contribution in [-0.2, 0) is 11.3 Å². The van der Waals surface area contributed by atoms with Crippen LogP contribution >= 0.6 is 15.9 Å². The van der Waals surface area contributed by atoms with Gasteiger partial charge in [0, 0.05) is 29.7 Å². The Morgan fingerprint density at radius 3 is 2.95 bits per heavy atom. The van der Waals surface area contributed by atoms with E-state index in [9.17, 15) is 0 Å². The van der Waals surface area contributed by atoms with Crippen LogP contribution in [0, 0.1) is 0 Å². The Labute approximate surface area is 135 Å². The van der Waals surface area contributed by atoms with Gasteiger partial charge in [-0.3, -0.25) is 0 Å². The van der Waals surface area contributed by atoms with E-state index < -0.39 is 0 Å². The van der Waals surface area contributed by atoms with Gasteiger partial charge in [0.05, 0.1) is 19.8 Å². The molecule has 118 valence electrons. The lowest BCUT2D eigenvalue weighted by molar-refractivity contribution is 0.110. The monoisotopic (exact) mass is 357 g/mol. The number of hydrogen-bond donors (Lipinski definition) is 1. The standard InChI is InChI=1S/C16H24BrNO3/c1-3-6-21-16-12(8-13(17)9-15(16)19-2)10-18-11-14-5-4-7-20-14/h8-9,14,18H,3-7,10-11H2,1-2H3. The normalized spacial score (nSPS) is 18.0. The molecule has 0 amide bonds. The summed E-state index contributed by atoms with van der Waals surface area (Å²) in [4.78, 5) is 0.